The fraction of sp³-hybridized carbons (Fsp3) is 0.250. The minimum absolute atomic E-state index is 0.142. The van der Waals surface area contributed by atoms with Gasteiger partial charge in [-0.2, -0.15) is 0 Å². The van der Waals surface area contributed by atoms with Crippen molar-refractivity contribution in [3.63, 3.8) is 0 Å². The molecule has 1 unspecified atom stereocenters. The average molecular weight is 560 g/mol. The molecule has 0 aliphatic rings. The van der Waals surface area contributed by atoms with Crippen LogP contribution in [-0.2, 0) is 22.4 Å². The molecule has 2 aromatic carbocycles. The number of phenolic OH excluding ortho intramolecular Hbond substituents is 2. The molecule has 8 nitrogen and oxygen atoms in total. The van der Waals surface area contributed by atoms with Crippen molar-refractivity contribution >= 4 is 56.2 Å². The number of phenols is 2. The van der Waals surface area contributed by atoms with Crippen LogP contribution in [0.25, 0.3) is 21.8 Å². The van der Waals surface area contributed by atoms with Crippen molar-refractivity contribution in [2.75, 3.05) is 11.0 Å². The summed E-state index contributed by atoms with van der Waals surface area (Å²) in [6.07, 6.45) is 4.87. The SMILES string of the molecule is O=C(CCI)NC(Cc1c[nH]c2ccc(O)cc12)C(=O)NCCc1c[nH]c2ccc(O)cc12. The van der Waals surface area contributed by atoms with Gasteiger partial charge in [0.1, 0.15) is 17.5 Å². The number of fused-ring (bicyclic) bond motifs is 2. The molecule has 0 aliphatic carbocycles. The first-order valence-corrected chi connectivity index (χ1v) is 12.2. The number of H-pyrrole nitrogens is 2. The second-order valence-electron chi connectivity index (χ2n) is 7.89. The van der Waals surface area contributed by atoms with Crippen molar-refractivity contribution < 1.29 is 19.8 Å². The lowest BCUT2D eigenvalue weighted by Gasteiger charge is -2.18. The number of aromatic nitrogens is 2. The number of rotatable bonds is 9. The molecule has 2 amide bonds. The molecule has 0 saturated heterocycles. The van der Waals surface area contributed by atoms with E-state index in [1.807, 2.05) is 12.3 Å². The molecular weight excluding hydrogens is 535 g/mol. The fourth-order valence-corrected chi connectivity index (χ4v) is 4.42. The number of aromatic amines is 2. The largest absolute Gasteiger partial charge is 0.508 e. The topological polar surface area (TPSA) is 130 Å². The molecule has 33 heavy (non-hydrogen) atoms. The summed E-state index contributed by atoms with van der Waals surface area (Å²) in [5, 5.41) is 27.1. The van der Waals surface area contributed by atoms with E-state index in [4.69, 9.17) is 0 Å². The summed E-state index contributed by atoms with van der Waals surface area (Å²) in [7, 11) is 0. The lowest BCUT2D eigenvalue weighted by atomic mass is 10.0. The normalized spacial score (nSPS) is 12.2. The van der Waals surface area contributed by atoms with Gasteiger partial charge in [-0.25, -0.2) is 0 Å². The number of nitrogens with one attached hydrogen (secondary N) is 4. The van der Waals surface area contributed by atoms with E-state index in [2.05, 4.69) is 43.2 Å². The van der Waals surface area contributed by atoms with Crippen molar-refractivity contribution in [1.82, 2.24) is 20.6 Å². The molecule has 0 bridgehead atoms. The molecule has 2 aromatic heterocycles. The van der Waals surface area contributed by atoms with Crippen molar-refractivity contribution in [1.29, 1.82) is 0 Å². The van der Waals surface area contributed by atoms with Crippen LogP contribution in [-0.4, -0.2) is 49.0 Å². The van der Waals surface area contributed by atoms with Gasteiger partial charge < -0.3 is 30.8 Å². The minimum Gasteiger partial charge on any atom is -0.508 e. The van der Waals surface area contributed by atoms with E-state index in [-0.39, 0.29) is 23.3 Å². The van der Waals surface area contributed by atoms with E-state index in [1.165, 1.54) is 0 Å². The average Bonchev–Trinajstić information content (AvgIpc) is 3.37. The maximum absolute atomic E-state index is 13.0. The van der Waals surface area contributed by atoms with Crippen LogP contribution in [0.5, 0.6) is 11.5 Å². The van der Waals surface area contributed by atoms with Crippen LogP contribution >= 0.6 is 22.6 Å². The molecule has 0 radical (unpaired) electrons. The number of hydrogen-bond acceptors (Lipinski definition) is 4. The highest BCUT2D eigenvalue weighted by Gasteiger charge is 2.22. The predicted octanol–water partition coefficient (Wildman–Crippen LogP) is 3.27. The molecule has 0 spiro atoms. The van der Waals surface area contributed by atoms with Gasteiger partial charge >= 0.3 is 0 Å². The van der Waals surface area contributed by atoms with E-state index in [0.29, 0.717) is 30.2 Å². The van der Waals surface area contributed by atoms with Crippen LogP contribution in [0.15, 0.2) is 48.8 Å². The standard InChI is InChI=1S/C24H25IN4O4/c25-7-5-23(32)29-22(9-15-13-28-21-4-2-17(31)11-19(15)21)24(33)26-8-6-14-12-27-20-3-1-16(30)10-18(14)20/h1-4,10-13,22,27-28,30-31H,5-9H2,(H,26,33)(H,29,32). The van der Waals surface area contributed by atoms with Gasteiger partial charge in [-0.1, -0.05) is 22.6 Å². The van der Waals surface area contributed by atoms with Crippen LogP contribution in [0.4, 0.5) is 0 Å². The Hall–Kier alpha value is -3.21. The van der Waals surface area contributed by atoms with Crippen molar-refractivity contribution in [2.24, 2.45) is 0 Å². The molecule has 4 rings (SSSR count). The van der Waals surface area contributed by atoms with Gasteiger partial charge in [0.2, 0.25) is 11.8 Å². The maximum atomic E-state index is 13.0. The Kier molecular flexibility index (Phi) is 7.07. The zero-order valence-corrected chi connectivity index (χ0v) is 20.0. The molecule has 0 aliphatic heterocycles. The number of halogens is 1. The summed E-state index contributed by atoms with van der Waals surface area (Å²) in [4.78, 5) is 31.6. The highest BCUT2D eigenvalue weighted by atomic mass is 127. The number of carbonyl (C=O) groups is 2. The van der Waals surface area contributed by atoms with E-state index in [9.17, 15) is 19.8 Å². The van der Waals surface area contributed by atoms with Crippen LogP contribution in [0.2, 0.25) is 0 Å². The van der Waals surface area contributed by atoms with Gasteiger partial charge in [-0.05, 0) is 53.9 Å². The molecule has 2 heterocycles. The first kappa shape index (κ1) is 23.0. The summed E-state index contributed by atoms with van der Waals surface area (Å²) in [6, 6.07) is 9.41. The van der Waals surface area contributed by atoms with E-state index in [0.717, 1.165) is 32.9 Å². The zero-order chi connectivity index (χ0) is 23.4. The Morgan fingerprint density at radius 1 is 0.939 bits per heavy atom. The van der Waals surface area contributed by atoms with Gasteiger partial charge in [0.25, 0.3) is 0 Å². The highest BCUT2D eigenvalue weighted by molar-refractivity contribution is 14.1. The van der Waals surface area contributed by atoms with Crippen molar-refractivity contribution in [2.45, 2.75) is 25.3 Å². The van der Waals surface area contributed by atoms with Crippen LogP contribution in [0.1, 0.15) is 17.5 Å². The molecule has 9 heteroatoms. The molecular formula is C24H25IN4O4. The van der Waals surface area contributed by atoms with Crippen LogP contribution in [0.3, 0.4) is 0 Å². The Morgan fingerprint density at radius 2 is 1.55 bits per heavy atom. The quantitative estimate of drug-likeness (QED) is 0.139. The van der Waals surface area contributed by atoms with E-state index in [1.54, 1.807) is 36.5 Å². The summed E-state index contributed by atoms with van der Waals surface area (Å²) in [6.45, 7) is 0.384. The summed E-state index contributed by atoms with van der Waals surface area (Å²) in [5.74, 6) is -0.119. The third kappa shape index (κ3) is 5.41. The number of carbonyl (C=O) groups excluding carboxylic acids is 2. The monoisotopic (exact) mass is 560 g/mol. The number of hydrogen-bond donors (Lipinski definition) is 6. The Labute approximate surface area is 203 Å². The molecule has 0 fully saturated rings. The Balaban J connectivity index is 1.46. The fourth-order valence-electron chi connectivity index (χ4n) is 3.93. The third-order valence-electron chi connectivity index (χ3n) is 5.59. The second-order valence-corrected chi connectivity index (χ2v) is 8.97. The lowest BCUT2D eigenvalue weighted by molar-refractivity contribution is -0.128. The number of amides is 2. The predicted molar refractivity (Wildman–Crippen MR) is 136 cm³/mol. The van der Waals surface area contributed by atoms with Gasteiger partial charge in [-0.15, -0.1) is 0 Å². The summed E-state index contributed by atoms with van der Waals surface area (Å²) in [5.41, 5.74) is 3.59. The minimum atomic E-state index is -0.742. The Morgan fingerprint density at radius 3 is 2.18 bits per heavy atom. The van der Waals surface area contributed by atoms with Gasteiger partial charge in [0, 0.05) is 58.0 Å². The first-order valence-electron chi connectivity index (χ1n) is 10.7. The highest BCUT2D eigenvalue weighted by Crippen LogP contribution is 2.25. The summed E-state index contributed by atoms with van der Waals surface area (Å²) >= 11 is 2.13. The maximum Gasteiger partial charge on any atom is 0.242 e. The van der Waals surface area contributed by atoms with Crippen LogP contribution in [0, 0.1) is 0 Å². The number of alkyl halides is 1. The van der Waals surface area contributed by atoms with E-state index < -0.39 is 6.04 Å². The molecule has 4 aromatic rings. The first-order chi connectivity index (χ1) is 15.9. The molecule has 6 N–H and O–H groups in total. The van der Waals surface area contributed by atoms with Gasteiger partial charge in [0.05, 0.1) is 0 Å². The number of aromatic hydroxyl groups is 2. The van der Waals surface area contributed by atoms with Crippen molar-refractivity contribution in [3.8, 4) is 11.5 Å². The summed E-state index contributed by atoms with van der Waals surface area (Å²) < 4.78 is 0.659. The van der Waals surface area contributed by atoms with Gasteiger partial charge in [0.15, 0.2) is 0 Å². The van der Waals surface area contributed by atoms with Crippen LogP contribution < -0.4 is 10.6 Å². The van der Waals surface area contributed by atoms with Crippen molar-refractivity contribution in [3.05, 3.63) is 59.9 Å². The lowest BCUT2D eigenvalue weighted by Crippen LogP contribution is -2.48. The number of benzene rings is 2. The molecule has 0 saturated carbocycles. The smallest absolute Gasteiger partial charge is 0.242 e. The Bertz CT molecular complexity index is 1300. The molecule has 172 valence electrons. The van der Waals surface area contributed by atoms with Gasteiger partial charge in [-0.3, -0.25) is 9.59 Å². The third-order valence-corrected chi connectivity index (χ3v) is 6.13. The van der Waals surface area contributed by atoms with E-state index >= 15 is 0 Å². The zero-order valence-electron chi connectivity index (χ0n) is 17.8. The second kappa shape index (κ2) is 10.2. The molecule has 1 atom stereocenters.